The number of piperazine rings is 1. The number of para-hydroxylation sites is 2. The maximum Gasteiger partial charge on any atom is 0.251 e. The Bertz CT molecular complexity index is 1900. The second-order valence-electron chi connectivity index (χ2n) is 12.3. The van der Waals surface area contributed by atoms with E-state index < -0.39 is 12.6 Å². The molecule has 0 saturated carbocycles. The summed E-state index contributed by atoms with van der Waals surface area (Å²) in [6.45, 7) is 8.01. The largest absolute Gasteiger partial charge is 0.368 e. The van der Waals surface area contributed by atoms with Gasteiger partial charge in [-0.2, -0.15) is 34.5 Å². The Morgan fingerprint density at radius 2 is 1.25 bits per heavy atom. The molecule has 1 aromatic heterocycles. The molecule has 0 unspecified atom stereocenters. The lowest BCUT2D eigenvalue weighted by Gasteiger charge is -2.36. The zero-order valence-corrected chi connectivity index (χ0v) is 28.5. The highest BCUT2D eigenvalue weighted by Crippen LogP contribution is 2.32. The quantitative estimate of drug-likeness (QED) is 0.111. The third kappa shape index (κ3) is 8.59. The number of benzene rings is 4. The molecule has 2 aliphatic rings. The summed E-state index contributed by atoms with van der Waals surface area (Å²) in [4.78, 5) is 53.3. The van der Waals surface area contributed by atoms with Gasteiger partial charge in [-0.1, -0.05) is 78.4 Å². The summed E-state index contributed by atoms with van der Waals surface area (Å²) >= 11 is 0. The molecule has 0 spiro atoms. The molecule has 262 valence electrons. The van der Waals surface area contributed by atoms with Crippen molar-refractivity contribution in [3.63, 3.8) is 0 Å². The normalized spacial score (nSPS) is 17.5. The van der Waals surface area contributed by atoms with Crippen LogP contribution < -0.4 is 25.8 Å². The predicted octanol–water partition coefficient (Wildman–Crippen LogP) is 6.01. The number of anilines is 5. The van der Waals surface area contributed by atoms with E-state index in [1.165, 1.54) is 5.69 Å². The monoisotopic (exact) mass is 688 g/mol. The fourth-order valence-electron chi connectivity index (χ4n) is 5.70. The molecule has 13 nitrogen and oxygen atoms in total. The first-order chi connectivity index (χ1) is 25.0. The second-order valence-corrected chi connectivity index (χ2v) is 12.3. The molecule has 2 fully saturated rings. The molecule has 0 bridgehead atoms. The molecule has 4 aromatic carbocycles. The van der Waals surface area contributed by atoms with Crippen molar-refractivity contribution in [2.45, 2.75) is 26.4 Å². The molecule has 0 radical (unpaired) electrons. The van der Waals surface area contributed by atoms with E-state index in [9.17, 15) is 4.79 Å². The van der Waals surface area contributed by atoms with Crippen molar-refractivity contribution in [2.75, 3.05) is 59.7 Å². The lowest BCUT2D eigenvalue weighted by atomic mass is 10.1. The van der Waals surface area contributed by atoms with E-state index in [0.717, 1.165) is 48.6 Å². The van der Waals surface area contributed by atoms with E-state index in [1.807, 2.05) is 68.4 Å². The second kappa shape index (κ2) is 16.0. The van der Waals surface area contributed by atoms with Crippen LogP contribution >= 0.6 is 0 Å². The maximum absolute atomic E-state index is 12.9. The molecule has 3 heterocycles. The molecule has 2 aliphatic heterocycles. The Morgan fingerprint density at radius 1 is 0.667 bits per heavy atom. The van der Waals surface area contributed by atoms with Crippen molar-refractivity contribution >= 4 is 35.1 Å². The summed E-state index contributed by atoms with van der Waals surface area (Å²) in [5.74, 6) is 1.23. The van der Waals surface area contributed by atoms with E-state index in [1.54, 1.807) is 24.3 Å². The van der Waals surface area contributed by atoms with Crippen LogP contribution in [0.5, 0.6) is 0 Å². The molecule has 51 heavy (non-hydrogen) atoms. The number of hydrogen-bond donors (Lipinski definition) is 3. The van der Waals surface area contributed by atoms with Crippen LogP contribution in [0.2, 0.25) is 0 Å². The smallest absolute Gasteiger partial charge is 0.251 e. The third-order valence-electron chi connectivity index (χ3n) is 8.65. The lowest BCUT2D eigenvalue weighted by Crippen LogP contribution is -2.47. The first-order valence-electron chi connectivity index (χ1n) is 16.9. The first kappa shape index (κ1) is 33.9. The van der Waals surface area contributed by atoms with Gasteiger partial charge >= 0.3 is 0 Å². The third-order valence-corrected chi connectivity index (χ3v) is 8.65. The van der Waals surface area contributed by atoms with Crippen molar-refractivity contribution < 1.29 is 24.3 Å². The number of aryl methyl sites for hydroxylation is 2. The number of hydrogen-bond acceptors (Lipinski definition) is 12. The van der Waals surface area contributed by atoms with Gasteiger partial charge in [0.1, 0.15) is 0 Å². The van der Waals surface area contributed by atoms with Crippen LogP contribution in [0.4, 0.5) is 29.2 Å². The van der Waals surface area contributed by atoms with Gasteiger partial charge in [0, 0.05) is 67.3 Å². The minimum Gasteiger partial charge on any atom is -0.368 e. The highest BCUT2D eigenvalue weighted by molar-refractivity contribution is 5.94. The zero-order valence-electron chi connectivity index (χ0n) is 28.5. The SMILES string of the molecule is Cc1ccc(C2OOC(c3ccc(C(=O)NCCNc4nc(Nc5ccccc5C)nc(N5CCN(c6ccccc6)CC5)n4)cc3)OO2)cc1. The molecule has 7 rings (SSSR count). The van der Waals surface area contributed by atoms with E-state index in [0.29, 0.717) is 42.1 Å². The average Bonchev–Trinajstić information content (AvgIpc) is 3.18. The average molecular weight is 689 g/mol. The molecular formula is C38H40N8O5. The molecule has 1 amide bonds. The summed E-state index contributed by atoms with van der Waals surface area (Å²) < 4.78 is 0. The van der Waals surface area contributed by atoms with Crippen LogP contribution in [0.15, 0.2) is 103 Å². The van der Waals surface area contributed by atoms with Crippen molar-refractivity contribution in [1.82, 2.24) is 20.3 Å². The Morgan fingerprint density at radius 3 is 1.92 bits per heavy atom. The van der Waals surface area contributed by atoms with Gasteiger partial charge in [-0.05, 0) is 49.7 Å². The number of carbonyl (C=O) groups excluding carboxylic acids is 1. The van der Waals surface area contributed by atoms with Crippen LogP contribution in [-0.2, 0) is 19.6 Å². The Labute approximate surface area is 296 Å². The Kier molecular flexibility index (Phi) is 10.6. The summed E-state index contributed by atoms with van der Waals surface area (Å²) in [6.07, 6.45) is -1.69. The van der Waals surface area contributed by atoms with E-state index >= 15 is 0 Å². The van der Waals surface area contributed by atoms with Gasteiger partial charge in [-0.15, -0.1) is 0 Å². The fraction of sp³-hybridized carbons (Fsp3) is 0.263. The highest BCUT2D eigenvalue weighted by atomic mass is 17.4. The molecule has 0 atom stereocenters. The summed E-state index contributed by atoms with van der Waals surface area (Å²) in [5.41, 5.74) is 6.21. The van der Waals surface area contributed by atoms with E-state index in [4.69, 9.17) is 29.5 Å². The van der Waals surface area contributed by atoms with Gasteiger partial charge in [0.2, 0.25) is 30.4 Å². The molecule has 5 aromatic rings. The number of amides is 1. The number of nitrogens with zero attached hydrogens (tertiary/aromatic N) is 5. The molecule has 0 aliphatic carbocycles. The van der Waals surface area contributed by atoms with Gasteiger partial charge in [-0.3, -0.25) is 4.79 Å². The molecule has 13 heteroatoms. The van der Waals surface area contributed by atoms with Gasteiger partial charge in [0.25, 0.3) is 5.91 Å². The van der Waals surface area contributed by atoms with Crippen LogP contribution in [0.1, 0.15) is 45.2 Å². The highest BCUT2D eigenvalue weighted by Gasteiger charge is 2.28. The van der Waals surface area contributed by atoms with Crippen LogP contribution in [0.25, 0.3) is 0 Å². The molecule has 3 N–H and O–H groups in total. The standard InChI is InChI=1S/C38H40N8O5/c1-26-12-14-29(15-13-26)34-48-50-35(51-49-34)30-18-16-28(17-19-30)33(47)39-20-21-40-36-42-37(41-32-11-7-6-8-27(32)2)44-38(43-36)46-24-22-45(23-25-46)31-9-4-3-5-10-31/h3-19,34-35H,20-25H2,1-2H3,(H,39,47)(H2,40,41,42,43,44). The predicted molar refractivity (Wildman–Crippen MR) is 193 cm³/mol. The minimum absolute atomic E-state index is 0.227. The van der Waals surface area contributed by atoms with Gasteiger partial charge in [-0.25, -0.2) is 0 Å². The van der Waals surface area contributed by atoms with Gasteiger partial charge in [0.05, 0.1) is 0 Å². The van der Waals surface area contributed by atoms with Crippen LogP contribution in [-0.4, -0.2) is 60.1 Å². The van der Waals surface area contributed by atoms with Crippen LogP contribution in [0.3, 0.4) is 0 Å². The Hall–Kier alpha value is -5.60. The fourth-order valence-corrected chi connectivity index (χ4v) is 5.70. The summed E-state index contributed by atoms with van der Waals surface area (Å²) in [7, 11) is 0. The van der Waals surface area contributed by atoms with E-state index in [-0.39, 0.29) is 5.91 Å². The number of rotatable bonds is 11. The van der Waals surface area contributed by atoms with Crippen LogP contribution in [0, 0.1) is 13.8 Å². The van der Waals surface area contributed by atoms with Crippen molar-refractivity contribution in [1.29, 1.82) is 0 Å². The number of aromatic nitrogens is 3. The minimum atomic E-state index is -0.892. The Balaban J connectivity index is 0.931. The van der Waals surface area contributed by atoms with Gasteiger partial charge in [0.15, 0.2) is 0 Å². The number of nitrogens with one attached hydrogen (secondary N) is 3. The lowest BCUT2D eigenvalue weighted by molar-refractivity contribution is -0.600. The molecule has 2 saturated heterocycles. The van der Waals surface area contributed by atoms with Gasteiger partial charge < -0.3 is 25.8 Å². The summed E-state index contributed by atoms with van der Waals surface area (Å²) in [6, 6.07) is 32.9. The topological polar surface area (TPSA) is 135 Å². The first-order valence-corrected chi connectivity index (χ1v) is 16.9. The summed E-state index contributed by atoms with van der Waals surface area (Å²) in [5, 5.41) is 9.56. The van der Waals surface area contributed by atoms with Crippen molar-refractivity contribution in [3.05, 3.63) is 131 Å². The van der Waals surface area contributed by atoms with Crippen molar-refractivity contribution in [3.8, 4) is 0 Å². The van der Waals surface area contributed by atoms with E-state index in [2.05, 4.69) is 55.0 Å². The number of carbonyl (C=O) groups is 1. The molecular weight excluding hydrogens is 648 g/mol. The zero-order chi connectivity index (χ0) is 35.0. The van der Waals surface area contributed by atoms with Crippen molar-refractivity contribution in [2.24, 2.45) is 0 Å². The maximum atomic E-state index is 12.9.